The number of aryl methyl sites for hydroxylation is 1. The third-order valence-corrected chi connectivity index (χ3v) is 3.22. The number of rotatable bonds is 4. The third-order valence-electron chi connectivity index (χ3n) is 3.22. The molecule has 0 amide bonds. The van der Waals surface area contributed by atoms with Gasteiger partial charge in [-0.2, -0.15) is 5.10 Å². The predicted molar refractivity (Wildman–Crippen MR) is 74.9 cm³/mol. The van der Waals surface area contributed by atoms with Crippen molar-refractivity contribution in [3.05, 3.63) is 48.5 Å². The fraction of sp³-hybridized carbons (Fsp3) is 0.286. The first-order valence-corrected chi connectivity index (χ1v) is 6.60. The lowest BCUT2D eigenvalue weighted by Gasteiger charge is -2.13. The van der Waals surface area contributed by atoms with Gasteiger partial charge in [0, 0.05) is 19.4 Å². The van der Waals surface area contributed by atoms with Gasteiger partial charge in [0.15, 0.2) is 0 Å². The molecule has 0 N–H and O–H groups in total. The molecule has 102 valence electrons. The molecule has 0 unspecified atom stereocenters. The minimum Gasteiger partial charge on any atom is -0.275 e. The topological polar surface area (TPSA) is 61.4 Å². The van der Waals surface area contributed by atoms with Crippen molar-refractivity contribution in [3.8, 4) is 11.4 Å². The molecule has 3 aromatic heterocycles. The van der Waals surface area contributed by atoms with Crippen LogP contribution in [0.25, 0.3) is 11.4 Å². The molecular formula is C14H16N6. The number of aromatic nitrogens is 6. The second kappa shape index (κ2) is 5.24. The van der Waals surface area contributed by atoms with Crippen LogP contribution in [0.5, 0.6) is 0 Å². The van der Waals surface area contributed by atoms with E-state index in [0.717, 1.165) is 23.5 Å². The van der Waals surface area contributed by atoms with Crippen molar-refractivity contribution < 1.29 is 0 Å². The summed E-state index contributed by atoms with van der Waals surface area (Å²) in [6.45, 7) is 2.11. The standard InChI is InChI=1S/C14H16N6/c1-3-14(12-6-4-5-8-15-12)20-10-13(16-18-20)11-7-9-19(2)17-11/h4-10,14H,3H2,1-2H3/t14-/m0/s1. The molecule has 0 aliphatic rings. The molecule has 0 bridgehead atoms. The van der Waals surface area contributed by atoms with Gasteiger partial charge in [0.2, 0.25) is 0 Å². The van der Waals surface area contributed by atoms with Crippen LogP contribution >= 0.6 is 0 Å². The van der Waals surface area contributed by atoms with Gasteiger partial charge in [-0.05, 0) is 24.6 Å². The summed E-state index contributed by atoms with van der Waals surface area (Å²) in [4.78, 5) is 4.40. The van der Waals surface area contributed by atoms with E-state index in [1.165, 1.54) is 0 Å². The summed E-state index contributed by atoms with van der Waals surface area (Å²) in [5.41, 5.74) is 2.60. The highest BCUT2D eigenvalue weighted by molar-refractivity contribution is 5.51. The van der Waals surface area contributed by atoms with Crippen LogP contribution in [0.1, 0.15) is 25.1 Å². The molecule has 0 saturated heterocycles. The molecular weight excluding hydrogens is 252 g/mol. The molecule has 0 spiro atoms. The van der Waals surface area contributed by atoms with Crippen molar-refractivity contribution in [1.82, 2.24) is 29.8 Å². The van der Waals surface area contributed by atoms with E-state index >= 15 is 0 Å². The summed E-state index contributed by atoms with van der Waals surface area (Å²) < 4.78 is 3.61. The Labute approximate surface area is 117 Å². The Kier molecular flexibility index (Phi) is 3.28. The fourth-order valence-corrected chi connectivity index (χ4v) is 2.20. The van der Waals surface area contributed by atoms with Crippen LogP contribution < -0.4 is 0 Å². The highest BCUT2D eigenvalue weighted by Gasteiger charge is 2.16. The Morgan fingerprint density at radius 1 is 1.20 bits per heavy atom. The molecule has 0 saturated carbocycles. The highest BCUT2D eigenvalue weighted by atomic mass is 15.4. The Hall–Kier alpha value is -2.50. The smallest absolute Gasteiger partial charge is 0.133 e. The zero-order chi connectivity index (χ0) is 13.9. The summed E-state index contributed by atoms with van der Waals surface area (Å²) in [7, 11) is 1.89. The van der Waals surface area contributed by atoms with Crippen LogP contribution in [-0.4, -0.2) is 29.8 Å². The summed E-state index contributed by atoms with van der Waals surface area (Å²) in [5.74, 6) is 0. The number of hydrogen-bond donors (Lipinski definition) is 0. The second-order valence-electron chi connectivity index (χ2n) is 4.64. The lowest BCUT2D eigenvalue weighted by atomic mass is 10.1. The predicted octanol–water partition coefficient (Wildman–Crippen LogP) is 2.07. The first-order valence-electron chi connectivity index (χ1n) is 6.60. The summed E-state index contributed by atoms with van der Waals surface area (Å²) >= 11 is 0. The van der Waals surface area contributed by atoms with Crippen molar-refractivity contribution in [2.24, 2.45) is 7.05 Å². The van der Waals surface area contributed by atoms with Crippen LogP contribution in [0.4, 0.5) is 0 Å². The van der Waals surface area contributed by atoms with Crippen LogP contribution in [0.2, 0.25) is 0 Å². The molecule has 0 fully saturated rings. The minimum absolute atomic E-state index is 0.0983. The van der Waals surface area contributed by atoms with Crippen LogP contribution in [0.15, 0.2) is 42.9 Å². The van der Waals surface area contributed by atoms with Crippen molar-refractivity contribution >= 4 is 0 Å². The molecule has 0 aromatic carbocycles. The van der Waals surface area contributed by atoms with Crippen molar-refractivity contribution in [3.63, 3.8) is 0 Å². The average Bonchev–Trinajstić information content (AvgIpc) is 3.10. The maximum atomic E-state index is 4.40. The molecule has 20 heavy (non-hydrogen) atoms. The van der Waals surface area contributed by atoms with Crippen LogP contribution in [0.3, 0.4) is 0 Å². The molecule has 3 aromatic rings. The van der Waals surface area contributed by atoms with E-state index in [1.807, 2.05) is 48.4 Å². The first-order chi connectivity index (χ1) is 9.78. The SMILES string of the molecule is CC[C@@H](c1ccccn1)n1cc(-c2ccn(C)n2)nn1. The van der Waals surface area contributed by atoms with Gasteiger partial charge >= 0.3 is 0 Å². The molecule has 0 aliphatic heterocycles. The Morgan fingerprint density at radius 3 is 2.75 bits per heavy atom. The van der Waals surface area contributed by atoms with E-state index in [-0.39, 0.29) is 6.04 Å². The van der Waals surface area contributed by atoms with Gasteiger partial charge in [-0.15, -0.1) is 5.10 Å². The first kappa shape index (κ1) is 12.5. The lowest BCUT2D eigenvalue weighted by Crippen LogP contribution is -2.11. The molecule has 3 rings (SSSR count). The monoisotopic (exact) mass is 268 g/mol. The number of hydrogen-bond acceptors (Lipinski definition) is 4. The maximum Gasteiger partial charge on any atom is 0.133 e. The minimum atomic E-state index is 0.0983. The molecule has 0 aliphatic carbocycles. The van der Waals surface area contributed by atoms with Crippen molar-refractivity contribution in [2.75, 3.05) is 0 Å². The Morgan fingerprint density at radius 2 is 2.10 bits per heavy atom. The molecule has 6 nitrogen and oxygen atoms in total. The van der Waals surface area contributed by atoms with Crippen LogP contribution in [-0.2, 0) is 7.05 Å². The van der Waals surface area contributed by atoms with Gasteiger partial charge in [0.05, 0.1) is 17.9 Å². The van der Waals surface area contributed by atoms with Crippen molar-refractivity contribution in [2.45, 2.75) is 19.4 Å². The zero-order valence-electron chi connectivity index (χ0n) is 11.5. The van der Waals surface area contributed by atoms with Gasteiger partial charge in [0.25, 0.3) is 0 Å². The van der Waals surface area contributed by atoms with Gasteiger partial charge in [-0.25, -0.2) is 4.68 Å². The normalized spacial score (nSPS) is 12.5. The van der Waals surface area contributed by atoms with E-state index < -0.39 is 0 Å². The second-order valence-corrected chi connectivity index (χ2v) is 4.64. The summed E-state index contributed by atoms with van der Waals surface area (Å²) in [5, 5.41) is 12.8. The van der Waals surface area contributed by atoms with Gasteiger partial charge in [-0.3, -0.25) is 9.67 Å². The van der Waals surface area contributed by atoms with Crippen LogP contribution in [0, 0.1) is 0 Å². The van der Waals surface area contributed by atoms with E-state index in [1.54, 1.807) is 10.9 Å². The highest BCUT2D eigenvalue weighted by Crippen LogP contribution is 2.21. The molecule has 3 heterocycles. The number of nitrogens with zero attached hydrogens (tertiary/aromatic N) is 6. The average molecular weight is 268 g/mol. The maximum absolute atomic E-state index is 4.40. The van der Waals surface area contributed by atoms with E-state index in [2.05, 4.69) is 27.3 Å². The Bertz CT molecular complexity index is 685. The molecule has 6 heteroatoms. The van der Waals surface area contributed by atoms with Gasteiger partial charge in [-0.1, -0.05) is 18.2 Å². The summed E-state index contributed by atoms with van der Waals surface area (Å²) in [6.07, 6.45) is 6.52. The zero-order valence-corrected chi connectivity index (χ0v) is 11.5. The van der Waals surface area contributed by atoms with Gasteiger partial charge in [0.1, 0.15) is 11.4 Å². The molecule has 1 atom stereocenters. The third kappa shape index (κ3) is 2.32. The largest absolute Gasteiger partial charge is 0.275 e. The van der Waals surface area contributed by atoms with E-state index in [0.29, 0.717) is 0 Å². The van der Waals surface area contributed by atoms with E-state index in [4.69, 9.17) is 0 Å². The lowest BCUT2D eigenvalue weighted by molar-refractivity contribution is 0.483. The Balaban J connectivity index is 1.92. The summed E-state index contributed by atoms with van der Waals surface area (Å²) in [6, 6.07) is 7.94. The number of pyridine rings is 1. The fourth-order valence-electron chi connectivity index (χ4n) is 2.20. The van der Waals surface area contributed by atoms with Gasteiger partial charge < -0.3 is 0 Å². The quantitative estimate of drug-likeness (QED) is 0.726. The van der Waals surface area contributed by atoms with E-state index in [9.17, 15) is 0 Å². The molecule has 0 radical (unpaired) electrons. The van der Waals surface area contributed by atoms with Crippen molar-refractivity contribution in [1.29, 1.82) is 0 Å².